The first kappa shape index (κ1) is 29.8. The molecule has 1 spiro atoms. The average molecular weight is 555 g/mol. The van der Waals surface area contributed by atoms with Gasteiger partial charge in [-0.15, -0.1) is 13.2 Å². The van der Waals surface area contributed by atoms with Crippen LogP contribution in [-0.2, 0) is 23.9 Å². The van der Waals surface area contributed by atoms with Crippen molar-refractivity contribution in [2.45, 2.75) is 69.7 Å². The van der Waals surface area contributed by atoms with Gasteiger partial charge in [0.1, 0.15) is 23.3 Å². The molecule has 3 saturated heterocycles. The number of likely N-dealkylation sites (tertiary alicyclic amines) is 1. The number of rotatable bonds is 13. The first-order chi connectivity index (χ1) is 19.1. The lowest BCUT2D eigenvalue weighted by Gasteiger charge is -2.38. The summed E-state index contributed by atoms with van der Waals surface area (Å²) in [6.07, 6.45) is 6.24. The van der Waals surface area contributed by atoms with Crippen LogP contribution in [0.5, 0.6) is 5.75 Å². The molecule has 7 atom stereocenters. The monoisotopic (exact) mass is 554 g/mol. The topological polar surface area (TPSA) is 106 Å². The van der Waals surface area contributed by atoms with Gasteiger partial charge in [-0.25, -0.2) is 0 Å². The summed E-state index contributed by atoms with van der Waals surface area (Å²) in [7, 11) is 1.57. The van der Waals surface area contributed by atoms with Crippen molar-refractivity contribution in [2.75, 3.05) is 31.8 Å². The minimum atomic E-state index is -1.23. The Hall–Kier alpha value is -3.17. The van der Waals surface area contributed by atoms with Crippen molar-refractivity contribution in [2.24, 2.45) is 17.8 Å². The zero-order chi connectivity index (χ0) is 29.2. The molecule has 1 aromatic rings. The van der Waals surface area contributed by atoms with Crippen LogP contribution >= 0.6 is 0 Å². The largest absolute Gasteiger partial charge is 0.497 e. The van der Waals surface area contributed by atoms with E-state index in [1.54, 1.807) is 49.3 Å². The van der Waals surface area contributed by atoms with E-state index >= 15 is 0 Å². The minimum Gasteiger partial charge on any atom is -0.497 e. The maximum atomic E-state index is 14.5. The molecular weight excluding hydrogens is 512 g/mol. The molecule has 9 nitrogen and oxygen atoms in total. The van der Waals surface area contributed by atoms with Crippen LogP contribution in [0.15, 0.2) is 49.6 Å². The molecule has 1 aromatic carbocycles. The van der Waals surface area contributed by atoms with E-state index in [1.807, 2.05) is 19.9 Å². The van der Waals surface area contributed by atoms with Gasteiger partial charge in [0, 0.05) is 12.2 Å². The van der Waals surface area contributed by atoms with Gasteiger partial charge in [-0.2, -0.15) is 0 Å². The van der Waals surface area contributed by atoms with E-state index in [1.165, 1.54) is 4.90 Å². The first-order valence-electron chi connectivity index (χ1n) is 14.1. The Kier molecular flexibility index (Phi) is 8.75. The number of unbranched alkanes of at least 4 members (excludes halogenated alkanes) is 2. The Morgan fingerprint density at radius 3 is 2.55 bits per heavy atom. The lowest BCUT2D eigenvalue weighted by Crippen LogP contribution is -2.58. The molecular formula is C31H42N2O7. The summed E-state index contributed by atoms with van der Waals surface area (Å²) in [4.78, 5) is 45.3. The molecule has 4 rings (SSSR count). The number of hydrogen-bond acceptors (Lipinski definition) is 7. The summed E-state index contributed by atoms with van der Waals surface area (Å²) in [5.41, 5.74) is -1.59. The molecule has 1 N–H and O–H groups in total. The second kappa shape index (κ2) is 11.7. The van der Waals surface area contributed by atoms with Crippen LogP contribution in [0.3, 0.4) is 0 Å². The summed E-state index contributed by atoms with van der Waals surface area (Å²) in [6.45, 7) is 13.2. The first-order valence-corrected chi connectivity index (χ1v) is 14.1. The van der Waals surface area contributed by atoms with Crippen molar-refractivity contribution in [1.82, 2.24) is 4.90 Å². The van der Waals surface area contributed by atoms with Gasteiger partial charge in [-0.1, -0.05) is 19.1 Å². The van der Waals surface area contributed by atoms with E-state index in [0.717, 1.165) is 12.8 Å². The van der Waals surface area contributed by atoms with Crippen LogP contribution in [0.25, 0.3) is 0 Å². The molecule has 0 saturated carbocycles. The Labute approximate surface area is 236 Å². The summed E-state index contributed by atoms with van der Waals surface area (Å²) >= 11 is 0. The van der Waals surface area contributed by atoms with Crippen LogP contribution in [0.1, 0.15) is 46.5 Å². The minimum absolute atomic E-state index is 0.108. The molecule has 3 fully saturated rings. The Bertz CT molecular complexity index is 1140. The number of nitrogens with zero attached hydrogens (tertiary/aromatic N) is 2. The number of ether oxygens (including phenoxy) is 3. The second-order valence-corrected chi connectivity index (χ2v) is 11.4. The third-order valence-corrected chi connectivity index (χ3v) is 8.99. The number of aliphatic hydroxyl groups excluding tert-OH is 1. The van der Waals surface area contributed by atoms with Gasteiger partial charge >= 0.3 is 5.97 Å². The number of anilines is 1. The third kappa shape index (κ3) is 4.73. The van der Waals surface area contributed by atoms with Gasteiger partial charge in [-0.3, -0.25) is 14.4 Å². The molecule has 2 bridgehead atoms. The Balaban J connectivity index is 1.74. The molecule has 0 aliphatic carbocycles. The van der Waals surface area contributed by atoms with Crippen LogP contribution < -0.4 is 9.64 Å². The lowest BCUT2D eigenvalue weighted by molar-refractivity contribution is -0.162. The maximum absolute atomic E-state index is 14.5. The van der Waals surface area contributed by atoms with Gasteiger partial charge in [0.05, 0.1) is 37.9 Å². The van der Waals surface area contributed by atoms with Crippen molar-refractivity contribution in [3.63, 3.8) is 0 Å². The number of carbonyl (C=O) groups excluding carboxylic acids is 3. The molecule has 3 aliphatic rings. The molecule has 2 amide bonds. The predicted octanol–water partition coefficient (Wildman–Crippen LogP) is 3.51. The highest BCUT2D eigenvalue weighted by Gasteiger charge is 2.80. The second-order valence-electron chi connectivity index (χ2n) is 11.4. The number of allylic oxidation sites excluding steroid dienone is 1. The molecule has 9 heteroatoms. The number of methoxy groups -OCH3 is 1. The van der Waals surface area contributed by atoms with Gasteiger partial charge in [0.2, 0.25) is 5.91 Å². The van der Waals surface area contributed by atoms with E-state index in [2.05, 4.69) is 13.2 Å². The fraction of sp³-hybridized carbons (Fsp3) is 0.581. The zero-order valence-corrected chi connectivity index (χ0v) is 24.0. The van der Waals surface area contributed by atoms with Crippen molar-refractivity contribution < 1.29 is 33.7 Å². The SMILES string of the molecule is C=CCCCCOC(=O)[C@H]1[C@H]2C(=O)N([C@H](C)CO)C(C(=O)N(CC=C)c3ccc(OC)cc3)C23CC(C)[C@]1(C)O3. The molecule has 0 aromatic heterocycles. The van der Waals surface area contributed by atoms with Crippen molar-refractivity contribution >= 4 is 23.5 Å². The van der Waals surface area contributed by atoms with Gasteiger partial charge < -0.3 is 29.1 Å². The standard InChI is InChI=1S/C31H42N2O7/c1-7-9-10-11-17-39-29(37)25-24-27(35)33(21(4)19-34)26(31(24)18-20(3)30(25,5)40-31)28(36)32(16-8-2)22-12-14-23(38-6)15-13-22/h7-8,12-15,20-21,24-26,34H,1-2,9-11,16-19H2,3-6H3/t20?,21-,24+,25-,26?,30+,31?/m1/s1. The number of aliphatic hydroxyl groups is 1. The predicted molar refractivity (Wildman–Crippen MR) is 151 cm³/mol. The lowest BCUT2D eigenvalue weighted by atomic mass is 9.62. The molecule has 3 heterocycles. The van der Waals surface area contributed by atoms with Crippen LogP contribution in [-0.4, -0.2) is 77.9 Å². The van der Waals surface area contributed by atoms with Crippen LogP contribution in [0, 0.1) is 17.8 Å². The molecule has 0 radical (unpaired) electrons. The van der Waals surface area contributed by atoms with E-state index < -0.39 is 41.1 Å². The molecule has 40 heavy (non-hydrogen) atoms. The zero-order valence-electron chi connectivity index (χ0n) is 24.0. The highest BCUT2D eigenvalue weighted by molar-refractivity contribution is 6.05. The normalized spacial score (nSPS) is 31.0. The van der Waals surface area contributed by atoms with Crippen molar-refractivity contribution in [3.8, 4) is 5.75 Å². The van der Waals surface area contributed by atoms with E-state index in [-0.39, 0.29) is 37.5 Å². The molecule has 218 valence electrons. The highest BCUT2D eigenvalue weighted by atomic mass is 16.6. The van der Waals surface area contributed by atoms with Gasteiger partial charge in [-0.05, 0) is 69.7 Å². The summed E-state index contributed by atoms with van der Waals surface area (Å²) in [6, 6.07) is 5.36. The average Bonchev–Trinajstić information content (AvgIpc) is 3.47. The van der Waals surface area contributed by atoms with Crippen molar-refractivity contribution in [1.29, 1.82) is 0 Å². The Morgan fingerprint density at radius 2 is 1.95 bits per heavy atom. The van der Waals surface area contributed by atoms with Crippen LogP contribution in [0.2, 0.25) is 0 Å². The van der Waals surface area contributed by atoms with Crippen LogP contribution in [0.4, 0.5) is 5.69 Å². The van der Waals surface area contributed by atoms with E-state index in [0.29, 0.717) is 24.3 Å². The quantitative estimate of drug-likeness (QED) is 0.226. The van der Waals surface area contributed by atoms with E-state index in [4.69, 9.17) is 14.2 Å². The number of esters is 1. The number of amides is 2. The highest BCUT2D eigenvalue weighted by Crippen LogP contribution is 2.65. The van der Waals surface area contributed by atoms with Gasteiger partial charge in [0.15, 0.2) is 0 Å². The van der Waals surface area contributed by atoms with Crippen molar-refractivity contribution in [3.05, 3.63) is 49.6 Å². The molecule has 3 aliphatic heterocycles. The maximum Gasteiger partial charge on any atom is 0.312 e. The molecule has 3 unspecified atom stereocenters. The number of carbonyl (C=O) groups is 3. The smallest absolute Gasteiger partial charge is 0.312 e. The fourth-order valence-corrected chi connectivity index (χ4v) is 6.89. The summed E-state index contributed by atoms with van der Waals surface area (Å²) in [5, 5.41) is 10.1. The number of hydrogen-bond donors (Lipinski definition) is 1. The number of fused-ring (bicyclic) bond motifs is 1. The summed E-state index contributed by atoms with van der Waals surface area (Å²) < 4.78 is 17.7. The van der Waals surface area contributed by atoms with E-state index in [9.17, 15) is 19.5 Å². The summed E-state index contributed by atoms with van der Waals surface area (Å²) in [5.74, 6) is -2.40. The fourth-order valence-electron chi connectivity index (χ4n) is 6.89. The Morgan fingerprint density at radius 1 is 1.25 bits per heavy atom. The van der Waals surface area contributed by atoms with Gasteiger partial charge in [0.25, 0.3) is 5.91 Å². The third-order valence-electron chi connectivity index (χ3n) is 8.99. The number of benzene rings is 1.